The van der Waals surface area contributed by atoms with Gasteiger partial charge in [-0.15, -0.1) is 11.3 Å². The van der Waals surface area contributed by atoms with E-state index in [9.17, 15) is 0 Å². The number of imidazole rings is 1. The summed E-state index contributed by atoms with van der Waals surface area (Å²) in [5.74, 6) is 1.03. The van der Waals surface area contributed by atoms with Crippen LogP contribution in [0.25, 0.3) is 0 Å². The molecule has 2 heterocycles. The molecule has 0 aliphatic heterocycles. The molecular weight excluding hydrogens is 254 g/mol. The van der Waals surface area contributed by atoms with E-state index >= 15 is 0 Å². The number of hydrogen-bond acceptors (Lipinski definition) is 3. The van der Waals surface area contributed by atoms with E-state index in [2.05, 4.69) is 45.5 Å². The standard InChI is InChI=1S/C15H21N3S/c1-2-13(14-8-5-11-19-14)17-15-16-9-10-18(15)12-6-3-4-7-12/h5,8-13H,2-4,6-7H2,1H3,(H,16,17). The summed E-state index contributed by atoms with van der Waals surface area (Å²) in [4.78, 5) is 5.91. The van der Waals surface area contributed by atoms with Crippen molar-refractivity contribution in [2.75, 3.05) is 5.32 Å². The van der Waals surface area contributed by atoms with Crippen LogP contribution in [-0.2, 0) is 0 Å². The Kier molecular flexibility index (Phi) is 3.87. The van der Waals surface area contributed by atoms with Gasteiger partial charge in [0.15, 0.2) is 0 Å². The minimum Gasteiger partial charge on any atom is -0.348 e. The third-order valence-electron chi connectivity index (χ3n) is 3.98. The summed E-state index contributed by atoms with van der Waals surface area (Å²) in [6.07, 6.45) is 10.4. The number of rotatable bonds is 5. The lowest BCUT2D eigenvalue weighted by atomic mass is 10.2. The fourth-order valence-electron chi connectivity index (χ4n) is 2.92. The van der Waals surface area contributed by atoms with Gasteiger partial charge in [0, 0.05) is 23.3 Å². The molecule has 4 heteroatoms. The van der Waals surface area contributed by atoms with E-state index in [1.807, 2.05) is 17.5 Å². The number of nitrogens with one attached hydrogen (secondary N) is 1. The molecule has 19 heavy (non-hydrogen) atoms. The smallest absolute Gasteiger partial charge is 0.203 e. The fraction of sp³-hybridized carbons (Fsp3) is 0.533. The number of hydrogen-bond donors (Lipinski definition) is 1. The van der Waals surface area contributed by atoms with Gasteiger partial charge in [-0.2, -0.15) is 0 Å². The van der Waals surface area contributed by atoms with Crippen molar-refractivity contribution in [3.05, 3.63) is 34.8 Å². The van der Waals surface area contributed by atoms with E-state index < -0.39 is 0 Å². The molecule has 1 aliphatic rings. The van der Waals surface area contributed by atoms with Crippen molar-refractivity contribution in [3.8, 4) is 0 Å². The maximum atomic E-state index is 4.51. The van der Waals surface area contributed by atoms with Crippen LogP contribution in [0.3, 0.4) is 0 Å². The molecule has 0 saturated heterocycles. The van der Waals surface area contributed by atoms with Gasteiger partial charge >= 0.3 is 0 Å². The second-order valence-corrected chi connectivity index (χ2v) is 6.20. The molecule has 0 bridgehead atoms. The van der Waals surface area contributed by atoms with Crippen LogP contribution >= 0.6 is 11.3 Å². The summed E-state index contributed by atoms with van der Waals surface area (Å²) >= 11 is 1.82. The lowest BCUT2D eigenvalue weighted by Crippen LogP contribution is -2.14. The molecule has 1 atom stereocenters. The van der Waals surface area contributed by atoms with E-state index in [1.165, 1.54) is 30.6 Å². The summed E-state index contributed by atoms with van der Waals surface area (Å²) in [5, 5.41) is 5.76. The molecule has 0 amide bonds. The molecule has 102 valence electrons. The van der Waals surface area contributed by atoms with Gasteiger partial charge in [-0.25, -0.2) is 4.98 Å². The van der Waals surface area contributed by atoms with Crippen LogP contribution in [0.5, 0.6) is 0 Å². The van der Waals surface area contributed by atoms with Gasteiger partial charge in [-0.05, 0) is 30.7 Å². The largest absolute Gasteiger partial charge is 0.348 e. The Hall–Kier alpha value is -1.29. The number of nitrogens with zero attached hydrogens (tertiary/aromatic N) is 2. The Morgan fingerprint density at radius 3 is 3.00 bits per heavy atom. The molecule has 0 spiro atoms. The maximum Gasteiger partial charge on any atom is 0.203 e. The third-order valence-corrected chi connectivity index (χ3v) is 4.97. The summed E-state index contributed by atoms with van der Waals surface area (Å²) in [6.45, 7) is 2.22. The zero-order chi connectivity index (χ0) is 13.1. The Morgan fingerprint density at radius 1 is 1.47 bits per heavy atom. The predicted molar refractivity (Wildman–Crippen MR) is 80.7 cm³/mol. The molecule has 2 aromatic rings. The summed E-state index contributed by atoms with van der Waals surface area (Å²) in [6, 6.07) is 5.34. The summed E-state index contributed by atoms with van der Waals surface area (Å²) in [7, 11) is 0. The first kappa shape index (κ1) is 12.7. The SMILES string of the molecule is CCC(Nc1nccn1C1CCCC1)c1cccs1. The predicted octanol–water partition coefficient (Wildman–Crippen LogP) is 4.62. The van der Waals surface area contributed by atoms with Gasteiger partial charge in [-0.3, -0.25) is 0 Å². The quantitative estimate of drug-likeness (QED) is 0.862. The van der Waals surface area contributed by atoms with Crippen molar-refractivity contribution in [1.82, 2.24) is 9.55 Å². The van der Waals surface area contributed by atoms with Crippen LogP contribution in [0, 0.1) is 0 Å². The molecule has 1 saturated carbocycles. The third kappa shape index (κ3) is 2.68. The molecule has 2 aromatic heterocycles. The highest BCUT2D eigenvalue weighted by Crippen LogP contribution is 2.33. The monoisotopic (exact) mass is 275 g/mol. The van der Waals surface area contributed by atoms with Gasteiger partial charge in [0.1, 0.15) is 0 Å². The van der Waals surface area contributed by atoms with E-state index in [-0.39, 0.29) is 0 Å². The highest BCUT2D eigenvalue weighted by Gasteiger charge is 2.20. The average molecular weight is 275 g/mol. The molecule has 3 nitrogen and oxygen atoms in total. The van der Waals surface area contributed by atoms with Gasteiger partial charge in [0.2, 0.25) is 5.95 Å². The van der Waals surface area contributed by atoms with Crippen molar-refractivity contribution in [2.45, 2.75) is 51.1 Å². The summed E-state index contributed by atoms with van der Waals surface area (Å²) < 4.78 is 2.34. The second kappa shape index (κ2) is 5.78. The van der Waals surface area contributed by atoms with Crippen LogP contribution in [0.15, 0.2) is 29.9 Å². The number of thiophene rings is 1. The second-order valence-electron chi connectivity index (χ2n) is 5.22. The molecule has 1 unspecified atom stereocenters. The van der Waals surface area contributed by atoms with Gasteiger partial charge in [-0.1, -0.05) is 25.8 Å². The Labute approximate surface area is 118 Å². The minimum atomic E-state index is 0.377. The first-order valence-corrected chi connectivity index (χ1v) is 8.09. The Balaban J connectivity index is 1.77. The van der Waals surface area contributed by atoms with Crippen molar-refractivity contribution >= 4 is 17.3 Å². The minimum absolute atomic E-state index is 0.377. The van der Waals surface area contributed by atoms with E-state index in [0.29, 0.717) is 12.1 Å². The van der Waals surface area contributed by atoms with Crippen LogP contribution < -0.4 is 5.32 Å². The fourth-order valence-corrected chi connectivity index (χ4v) is 3.78. The van der Waals surface area contributed by atoms with Crippen molar-refractivity contribution in [2.24, 2.45) is 0 Å². The average Bonchev–Trinajstić information content (AvgIpc) is 3.15. The molecule has 0 radical (unpaired) electrons. The zero-order valence-corrected chi connectivity index (χ0v) is 12.2. The van der Waals surface area contributed by atoms with Gasteiger partial charge < -0.3 is 9.88 Å². The first-order valence-electron chi connectivity index (χ1n) is 7.21. The van der Waals surface area contributed by atoms with Crippen LogP contribution in [-0.4, -0.2) is 9.55 Å². The molecule has 0 aromatic carbocycles. The topological polar surface area (TPSA) is 29.9 Å². The highest BCUT2D eigenvalue weighted by molar-refractivity contribution is 7.10. The normalized spacial score (nSPS) is 17.7. The molecule has 1 aliphatic carbocycles. The van der Waals surface area contributed by atoms with Crippen molar-refractivity contribution < 1.29 is 0 Å². The molecule has 1 fully saturated rings. The highest BCUT2D eigenvalue weighted by atomic mass is 32.1. The van der Waals surface area contributed by atoms with E-state index in [0.717, 1.165) is 12.4 Å². The van der Waals surface area contributed by atoms with Gasteiger partial charge in [0.05, 0.1) is 6.04 Å². The van der Waals surface area contributed by atoms with Gasteiger partial charge in [0.25, 0.3) is 0 Å². The first-order chi connectivity index (χ1) is 9.38. The lowest BCUT2D eigenvalue weighted by Gasteiger charge is -2.20. The number of anilines is 1. The van der Waals surface area contributed by atoms with Crippen LogP contribution in [0.1, 0.15) is 56.0 Å². The summed E-state index contributed by atoms with van der Waals surface area (Å²) in [5.41, 5.74) is 0. The molecular formula is C15H21N3S. The zero-order valence-electron chi connectivity index (χ0n) is 11.4. The van der Waals surface area contributed by atoms with Crippen LogP contribution in [0.4, 0.5) is 5.95 Å². The molecule has 1 N–H and O–H groups in total. The Morgan fingerprint density at radius 2 is 2.32 bits per heavy atom. The Bertz CT molecular complexity index is 497. The van der Waals surface area contributed by atoms with Crippen molar-refractivity contribution in [1.29, 1.82) is 0 Å². The van der Waals surface area contributed by atoms with Crippen molar-refractivity contribution in [3.63, 3.8) is 0 Å². The number of aromatic nitrogens is 2. The maximum absolute atomic E-state index is 4.51. The molecule has 3 rings (SSSR count). The van der Waals surface area contributed by atoms with Crippen LogP contribution in [0.2, 0.25) is 0 Å². The lowest BCUT2D eigenvalue weighted by molar-refractivity contribution is 0.519. The van der Waals surface area contributed by atoms with E-state index in [4.69, 9.17) is 0 Å². The van der Waals surface area contributed by atoms with E-state index in [1.54, 1.807) is 0 Å².